The highest BCUT2D eigenvalue weighted by molar-refractivity contribution is 5.79. The standard InChI is InChI=1S/C11H24N4O/c1-3-4-6-13-11(15-12)14-9(2)10-5-7-16-8-10/h9-10H,3-8,12H2,1-2H3,(H2,13,14,15). The summed E-state index contributed by atoms with van der Waals surface area (Å²) >= 11 is 0. The van der Waals surface area contributed by atoms with Gasteiger partial charge in [-0.15, -0.1) is 0 Å². The molecule has 0 aromatic heterocycles. The minimum atomic E-state index is 0.346. The number of hydrogen-bond donors (Lipinski definition) is 3. The molecule has 1 rings (SSSR count). The summed E-state index contributed by atoms with van der Waals surface area (Å²) in [5.41, 5.74) is 2.61. The molecule has 16 heavy (non-hydrogen) atoms. The van der Waals surface area contributed by atoms with Crippen LogP contribution in [0.3, 0.4) is 0 Å². The van der Waals surface area contributed by atoms with Gasteiger partial charge in [-0.05, 0) is 19.8 Å². The van der Waals surface area contributed by atoms with Crippen molar-refractivity contribution in [1.82, 2.24) is 10.7 Å². The van der Waals surface area contributed by atoms with E-state index in [1.165, 1.54) is 0 Å². The first-order chi connectivity index (χ1) is 7.77. The molecule has 0 radical (unpaired) electrons. The maximum atomic E-state index is 5.43. The molecule has 2 atom stereocenters. The molecule has 5 nitrogen and oxygen atoms in total. The lowest BCUT2D eigenvalue weighted by Crippen LogP contribution is -2.48. The summed E-state index contributed by atoms with van der Waals surface area (Å²) in [4.78, 5) is 4.37. The van der Waals surface area contributed by atoms with Gasteiger partial charge < -0.3 is 10.1 Å². The Hall–Kier alpha value is -0.810. The van der Waals surface area contributed by atoms with Crippen LogP contribution in [0.2, 0.25) is 0 Å². The molecule has 1 heterocycles. The lowest BCUT2D eigenvalue weighted by atomic mass is 10.0. The molecule has 1 fully saturated rings. The van der Waals surface area contributed by atoms with Crippen molar-refractivity contribution in [3.63, 3.8) is 0 Å². The highest BCUT2D eigenvalue weighted by Crippen LogP contribution is 2.16. The summed E-state index contributed by atoms with van der Waals surface area (Å²) in [5, 5.41) is 3.30. The van der Waals surface area contributed by atoms with Crippen LogP contribution >= 0.6 is 0 Å². The fourth-order valence-corrected chi connectivity index (χ4v) is 1.76. The second-order valence-corrected chi connectivity index (χ2v) is 4.28. The average molecular weight is 228 g/mol. The second kappa shape index (κ2) is 7.46. The van der Waals surface area contributed by atoms with Crippen molar-refractivity contribution in [1.29, 1.82) is 0 Å². The van der Waals surface area contributed by atoms with E-state index < -0.39 is 0 Å². The number of ether oxygens (including phenoxy) is 1. The fraction of sp³-hybridized carbons (Fsp3) is 0.909. The second-order valence-electron chi connectivity index (χ2n) is 4.28. The van der Waals surface area contributed by atoms with Gasteiger partial charge in [0.15, 0.2) is 0 Å². The molecule has 0 saturated carbocycles. The predicted octanol–water partition coefficient (Wildman–Crippen LogP) is 0.620. The van der Waals surface area contributed by atoms with Gasteiger partial charge in [-0.1, -0.05) is 13.3 Å². The molecule has 0 aromatic rings. The highest BCUT2D eigenvalue weighted by Gasteiger charge is 2.22. The zero-order chi connectivity index (χ0) is 11.8. The van der Waals surface area contributed by atoms with E-state index in [0.29, 0.717) is 17.9 Å². The van der Waals surface area contributed by atoms with Crippen molar-refractivity contribution in [3.8, 4) is 0 Å². The Morgan fingerprint density at radius 3 is 3.00 bits per heavy atom. The Morgan fingerprint density at radius 1 is 1.62 bits per heavy atom. The Bertz CT molecular complexity index is 214. The molecule has 2 unspecified atom stereocenters. The summed E-state index contributed by atoms with van der Waals surface area (Å²) in [6, 6.07) is 0.346. The summed E-state index contributed by atoms with van der Waals surface area (Å²) < 4.78 is 5.36. The molecular formula is C11H24N4O. The minimum Gasteiger partial charge on any atom is -0.381 e. The molecular weight excluding hydrogens is 204 g/mol. The Labute approximate surface area is 97.8 Å². The third-order valence-corrected chi connectivity index (χ3v) is 2.95. The number of nitrogens with two attached hydrogens (primary N) is 1. The van der Waals surface area contributed by atoms with Gasteiger partial charge in [0.25, 0.3) is 0 Å². The predicted molar refractivity (Wildman–Crippen MR) is 66.1 cm³/mol. The largest absolute Gasteiger partial charge is 0.381 e. The molecule has 0 amide bonds. The molecule has 1 aliphatic heterocycles. The van der Waals surface area contributed by atoms with Gasteiger partial charge >= 0.3 is 0 Å². The van der Waals surface area contributed by atoms with Gasteiger partial charge in [-0.25, -0.2) is 5.84 Å². The number of aliphatic imine (C=N–C) groups is 1. The number of hydrogen-bond acceptors (Lipinski definition) is 3. The molecule has 1 aliphatic rings. The first-order valence-electron chi connectivity index (χ1n) is 6.13. The van der Waals surface area contributed by atoms with Crippen LogP contribution in [-0.4, -0.2) is 31.8 Å². The van der Waals surface area contributed by atoms with Gasteiger partial charge in [-0.3, -0.25) is 10.4 Å². The van der Waals surface area contributed by atoms with E-state index in [-0.39, 0.29) is 0 Å². The number of unbranched alkanes of at least 4 members (excludes halogenated alkanes) is 1. The van der Waals surface area contributed by atoms with Crippen LogP contribution in [0.4, 0.5) is 0 Å². The number of nitrogens with one attached hydrogen (secondary N) is 2. The summed E-state index contributed by atoms with van der Waals surface area (Å²) in [7, 11) is 0. The minimum absolute atomic E-state index is 0.346. The Kier molecular flexibility index (Phi) is 6.18. The summed E-state index contributed by atoms with van der Waals surface area (Å²) in [6.45, 7) is 6.82. The maximum Gasteiger partial charge on any atom is 0.205 e. The van der Waals surface area contributed by atoms with E-state index in [4.69, 9.17) is 10.6 Å². The van der Waals surface area contributed by atoms with Gasteiger partial charge in [0.05, 0.1) is 6.61 Å². The SMILES string of the molecule is CCCCN=C(NN)NC(C)C1CCOC1. The number of rotatable bonds is 5. The smallest absolute Gasteiger partial charge is 0.205 e. The first-order valence-corrected chi connectivity index (χ1v) is 6.13. The molecule has 0 bridgehead atoms. The van der Waals surface area contributed by atoms with E-state index >= 15 is 0 Å². The molecule has 5 heteroatoms. The molecule has 4 N–H and O–H groups in total. The topological polar surface area (TPSA) is 71.7 Å². The van der Waals surface area contributed by atoms with Crippen LogP contribution < -0.4 is 16.6 Å². The van der Waals surface area contributed by atoms with Crippen molar-refractivity contribution in [2.75, 3.05) is 19.8 Å². The lowest BCUT2D eigenvalue weighted by Gasteiger charge is -2.21. The molecule has 94 valence electrons. The van der Waals surface area contributed by atoms with Crippen LogP contribution in [0, 0.1) is 5.92 Å². The van der Waals surface area contributed by atoms with E-state index in [0.717, 1.165) is 39.0 Å². The van der Waals surface area contributed by atoms with E-state index in [9.17, 15) is 0 Å². The van der Waals surface area contributed by atoms with Gasteiger partial charge in [0.2, 0.25) is 5.96 Å². The normalized spacial score (nSPS) is 23.2. The molecule has 1 saturated heterocycles. The number of guanidine groups is 1. The zero-order valence-corrected chi connectivity index (χ0v) is 10.3. The third-order valence-electron chi connectivity index (χ3n) is 2.95. The van der Waals surface area contributed by atoms with Crippen LogP contribution in [0.15, 0.2) is 4.99 Å². The lowest BCUT2D eigenvalue weighted by molar-refractivity contribution is 0.180. The van der Waals surface area contributed by atoms with Crippen molar-refractivity contribution >= 4 is 5.96 Å². The van der Waals surface area contributed by atoms with Gasteiger partial charge in [0, 0.05) is 25.1 Å². The Balaban J connectivity index is 2.33. The fourth-order valence-electron chi connectivity index (χ4n) is 1.76. The van der Waals surface area contributed by atoms with Crippen LogP contribution in [0.5, 0.6) is 0 Å². The summed E-state index contributed by atoms with van der Waals surface area (Å²) in [6.07, 6.45) is 3.35. The third kappa shape index (κ3) is 4.37. The maximum absolute atomic E-state index is 5.43. The number of nitrogens with zero attached hydrogens (tertiary/aromatic N) is 1. The highest BCUT2D eigenvalue weighted by atomic mass is 16.5. The van der Waals surface area contributed by atoms with Crippen molar-refractivity contribution in [2.24, 2.45) is 16.8 Å². The van der Waals surface area contributed by atoms with Crippen LogP contribution in [0.25, 0.3) is 0 Å². The van der Waals surface area contributed by atoms with Crippen LogP contribution in [-0.2, 0) is 4.74 Å². The average Bonchev–Trinajstić information content (AvgIpc) is 2.81. The Morgan fingerprint density at radius 2 is 2.44 bits per heavy atom. The summed E-state index contributed by atoms with van der Waals surface area (Å²) in [5.74, 6) is 6.68. The van der Waals surface area contributed by atoms with Crippen molar-refractivity contribution in [3.05, 3.63) is 0 Å². The van der Waals surface area contributed by atoms with Gasteiger partial charge in [0.1, 0.15) is 0 Å². The van der Waals surface area contributed by atoms with Gasteiger partial charge in [-0.2, -0.15) is 0 Å². The van der Waals surface area contributed by atoms with Crippen LogP contribution in [0.1, 0.15) is 33.1 Å². The molecule has 0 aliphatic carbocycles. The van der Waals surface area contributed by atoms with E-state index in [2.05, 4.69) is 29.6 Å². The number of hydrazine groups is 1. The molecule has 0 spiro atoms. The quantitative estimate of drug-likeness (QED) is 0.212. The first kappa shape index (κ1) is 13.3. The van der Waals surface area contributed by atoms with Crippen molar-refractivity contribution < 1.29 is 4.74 Å². The molecule has 0 aromatic carbocycles. The van der Waals surface area contributed by atoms with E-state index in [1.807, 2.05) is 0 Å². The monoisotopic (exact) mass is 228 g/mol. The zero-order valence-electron chi connectivity index (χ0n) is 10.3. The van der Waals surface area contributed by atoms with E-state index in [1.54, 1.807) is 0 Å². The van der Waals surface area contributed by atoms with Crippen molar-refractivity contribution in [2.45, 2.75) is 39.2 Å².